The topological polar surface area (TPSA) is 60.2 Å². The molecule has 6 heteroatoms. The number of furan rings is 1. The fourth-order valence-electron chi connectivity index (χ4n) is 1.76. The fraction of sp³-hybridized carbons (Fsp3) is 0.167. The van der Waals surface area contributed by atoms with Gasteiger partial charge in [-0.3, -0.25) is 0 Å². The van der Waals surface area contributed by atoms with E-state index in [-0.39, 0.29) is 0 Å². The van der Waals surface area contributed by atoms with E-state index in [0.29, 0.717) is 6.54 Å². The Morgan fingerprint density at radius 1 is 1.44 bits per heavy atom. The van der Waals surface area contributed by atoms with Crippen molar-refractivity contribution in [1.29, 1.82) is 0 Å². The summed E-state index contributed by atoms with van der Waals surface area (Å²) in [7, 11) is 1.64. The molecule has 0 bridgehead atoms. The van der Waals surface area contributed by atoms with E-state index in [4.69, 9.17) is 9.15 Å². The number of fused-ring (bicyclic) bond motifs is 1. The zero-order valence-corrected chi connectivity index (χ0v) is 10.5. The van der Waals surface area contributed by atoms with Crippen molar-refractivity contribution in [2.45, 2.75) is 6.54 Å². The van der Waals surface area contributed by atoms with Gasteiger partial charge in [-0.1, -0.05) is 16.6 Å². The van der Waals surface area contributed by atoms with Gasteiger partial charge in [0.2, 0.25) is 0 Å². The van der Waals surface area contributed by atoms with Gasteiger partial charge in [-0.15, -0.1) is 5.10 Å². The second kappa shape index (κ2) is 4.66. The van der Waals surface area contributed by atoms with Gasteiger partial charge < -0.3 is 14.5 Å². The van der Waals surface area contributed by atoms with Crippen molar-refractivity contribution in [2.75, 3.05) is 12.4 Å². The van der Waals surface area contributed by atoms with Gasteiger partial charge in [-0.05, 0) is 12.1 Å². The van der Waals surface area contributed by atoms with Gasteiger partial charge in [0, 0.05) is 16.9 Å². The highest BCUT2D eigenvalue weighted by Crippen LogP contribution is 2.28. The SMILES string of the molecule is COc1cccc2cc(CNc3cnns3)oc12. The van der Waals surface area contributed by atoms with Crippen molar-refractivity contribution in [1.82, 2.24) is 9.59 Å². The zero-order valence-electron chi connectivity index (χ0n) is 9.71. The number of methoxy groups -OCH3 is 1. The maximum atomic E-state index is 5.76. The highest BCUT2D eigenvalue weighted by atomic mass is 32.1. The first-order chi connectivity index (χ1) is 8.86. The average molecular weight is 261 g/mol. The summed E-state index contributed by atoms with van der Waals surface area (Å²) in [5, 5.41) is 8.91. The maximum absolute atomic E-state index is 5.76. The van der Waals surface area contributed by atoms with Crippen LogP contribution < -0.4 is 10.1 Å². The number of rotatable bonds is 4. The number of para-hydroxylation sites is 1. The molecule has 0 amide bonds. The minimum Gasteiger partial charge on any atom is -0.493 e. The smallest absolute Gasteiger partial charge is 0.176 e. The number of anilines is 1. The van der Waals surface area contributed by atoms with Crippen LogP contribution in [0.1, 0.15) is 5.76 Å². The second-order valence-electron chi connectivity index (χ2n) is 3.73. The van der Waals surface area contributed by atoms with Crippen molar-refractivity contribution in [3.63, 3.8) is 0 Å². The van der Waals surface area contributed by atoms with E-state index in [1.807, 2.05) is 24.3 Å². The van der Waals surface area contributed by atoms with E-state index in [9.17, 15) is 0 Å². The molecule has 18 heavy (non-hydrogen) atoms. The third-order valence-electron chi connectivity index (χ3n) is 2.58. The molecule has 0 unspecified atom stereocenters. The largest absolute Gasteiger partial charge is 0.493 e. The first-order valence-electron chi connectivity index (χ1n) is 5.43. The Bertz CT molecular complexity index is 648. The average Bonchev–Trinajstić information content (AvgIpc) is 3.04. The molecule has 5 nitrogen and oxygen atoms in total. The van der Waals surface area contributed by atoms with E-state index >= 15 is 0 Å². The van der Waals surface area contributed by atoms with E-state index in [0.717, 1.165) is 27.5 Å². The molecule has 0 fully saturated rings. The summed E-state index contributed by atoms with van der Waals surface area (Å²) in [6.45, 7) is 0.599. The predicted octanol–water partition coefficient (Wildman–Crippen LogP) is 2.91. The van der Waals surface area contributed by atoms with Crippen molar-refractivity contribution in [2.24, 2.45) is 0 Å². The molecule has 0 radical (unpaired) electrons. The molecule has 3 aromatic rings. The highest BCUT2D eigenvalue weighted by Gasteiger charge is 2.08. The van der Waals surface area contributed by atoms with E-state index in [2.05, 4.69) is 14.9 Å². The van der Waals surface area contributed by atoms with Crippen molar-refractivity contribution < 1.29 is 9.15 Å². The van der Waals surface area contributed by atoms with Crippen LogP contribution >= 0.6 is 11.5 Å². The van der Waals surface area contributed by atoms with Crippen LogP contribution in [0.2, 0.25) is 0 Å². The van der Waals surface area contributed by atoms with Crippen molar-refractivity contribution >= 4 is 27.5 Å². The summed E-state index contributed by atoms with van der Waals surface area (Å²) in [4.78, 5) is 0. The first kappa shape index (κ1) is 11.0. The Labute approximate surface area is 108 Å². The number of benzene rings is 1. The van der Waals surface area contributed by atoms with Crippen LogP contribution in [0.4, 0.5) is 5.00 Å². The molecule has 0 atom stereocenters. The fourth-order valence-corrected chi connectivity index (χ4v) is 2.17. The molecule has 2 aromatic heterocycles. The van der Waals surface area contributed by atoms with Gasteiger partial charge in [0.05, 0.1) is 19.9 Å². The number of nitrogens with zero attached hydrogens (tertiary/aromatic N) is 2. The Morgan fingerprint density at radius 2 is 2.39 bits per heavy atom. The van der Waals surface area contributed by atoms with Crippen molar-refractivity contribution in [3.05, 3.63) is 36.2 Å². The lowest BCUT2D eigenvalue weighted by molar-refractivity contribution is 0.408. The third kappa shape index (κ3) is 2.02. The molecule has 0 spiro atoms. The van der Waals surface area contributed by atoms with Gasteiger partial charge in [0.1, 0.15) is 10.8 Å². The number of hydrogen-bond acceptors (Lipinski definition) is 6. The van der Waals surface area contributed by atoms with Crippen LogP contribution in [0, 0.1) is 0 Å². The quantitative estimate of drug-likeness (QED) is 0.782. The summed E-state index contributed by atoms with van der Waals surface area (Å²) in [5.41, 5.74) is 0.777. The monoisotopic (exact) mass is 261 g/mol. The lowest BCUT2D eigenvalue weighted by Gasteiger charge is -1.99. The second-order valence-corrected chi connectivity index (χ2v) is 4.51. The van der Waals surface area contributed by atoms with Crippen LogP contribution in [0.3, 0.4) is 0 Å². The number of hydrogen-bond donors (Lipinski definition) is 1. The molecule has 92 valence electrons. The van der Waals surface area contributed by atoms with Crippen LogP contribution in [0.15, 0.2) is 34.9 Å². The predicted molar refractivity (Wildman–Crippen MR) is 70.0 cm³/mol. The summed E-state index contributed by atoms with van der Waals surface area (Å²) in [5.74, 6) is 1.60. The van der Waals surface area contributed by atoms with Crippen LogP contribution in [-0.2, 0) is 6.54 Å². The van der Waals surface area contributed by atoms with Crippen LogP contribution in [0.25, 0.3) is 11.0 Å². The summed E-state index contributed by atoms with van der Waals surface area (Å²) in [6.07, 6.45) is 1.69. The van der Waals surface area contributed by atoms with E-state index < -0.39 is 0 Å². The Morgan fingerprint density at radius 3 is 3.17 bits per heavy atom. The lowest BCUT2D eigenvalue weighted by atomic mass is 10.2. The van der Waals surface area contributed by atoms with Gasteiger partial charge in [0.25, 0.3) is 0 Å². The molecule has 3 rings (SSSR count). The molecule has 0 saturated carbocycles. The van der Waals surface area contributed by atoms with Gasteiger partial charge in [-0.25, -0.2) is 0 Å². The standard InChI is InChI=1S/C12H11N3O2S/c1-16-10-4-2-3-8-5-9(17-12(8)10)6-13-11-7-14-15-18-11/h2-5,7,13H,6H2,1H3. The Balaban J connectivity index is 1.85. The maximum Gasteiger partial charge on any atom is 0.176 e. The molecule has 1 aromatic carbocycles. The molecule has 2 heterocycles. The first-order valence-corrected chi connectivity index (χ1v) is 6.21. The van der Waals surface area contributed by atoms with Crippen LogP contribution in [0.5, 0.6) is 5.75 Å². The zero-order chi connectivity index (χ0) is 12.4. The number of aromatic nitrogens is 2. The highest BCUT2D eigenvalue weighted by molar-refractivity contribution is 7.09. The summed E-state index contributed by atoms with van der Waals surface area (Å²) in [6, 6.07) is 7.83. The lowest BCUT2D eigenvalue weighted by Crippen LogP contribution is -1.95. The number of nitrogens with one attached hydrogen (secondary N) is 1. The normalized spacial score (nSPS) is 10.7. The minimum atomic E-state index is 0.599. The summed E-state index contributed by atoms with van der Waals surface area (Å²) < 4.78 is 14.8. The van der Waals surface area contributed by atoms with Gasteiger partial charge in [-0.2, -0.15) is 0 Å². The molecule has 0 aliphatic carbocycles. The van der Waals surface area contributed by atoms with E-state index in [1.54, 1.807) is 13.3 Å². The molecule has 0 aliphatic heterocycles. The third-order valence-corrected chi connectivity index (χ3v) is 3.20. The van der Waals surface area contributed by atoms with Gasteiger partial charge >= 0.3 is 0 Å². The molecular formula is C12H11N3O2S. The number of ether oxygens (including phenoxy) is 1. The molecular weight excluding hydrogens is 250 g/mol. The van der Waals surface area contributed by atoms with Gasteiger partial charge in [0.15, 0.2) is 11.3 Å². The molecule has 0 saturated heterocycles. The minimum absolute atomic E-state index is 0.599. The molecule has 0 aliphatic rings. The Kier molecular flexibility index (Phi) is 2.85. The van der Waals surface area contributed by atoms with E-state index in [1.165, 1.54) is 11.5 Å². The van der Waals surface area contributed by atoms with Crippen LogP contribution in [-0.4, -0.2) is 16.7 Å². The molecule has 1 N–H and O–H groups in total. The summed E-state index contributed by atoms with van der Waals surface area (Å²) >= 11 is 1.32. The Hall–Kier alpha value is -2.08. The van der Waals surface area contributed by atoms with Crippen molar-refractivity contribution in [3.8, 4) is 5.75 Å².